The smallest absolute Gasteiger partial charge is 0.253 e. The number of methoxy groups -OCH3 is 1. The summed E-state index contributed by atoms with van der Waals surface area (Å²) in [6, 6.07) is 7.59. The number of carbonyl (C=O) groups excluding carboxylic acids is 1. The third-order valence-electron chi connectivity index (χ3n) is 3.78. The maximum atomic E-state index is 12.3. The van der Waals surface area contributed by atoms with Gasteiger partial charge in [-0.25, -0.2) is 0 Å². The predicted molar refractivity (Wildman–Crippen MR) is 89.5 cm³/mol. The Morgan fingerprint density at radius 2 is 2.05 bits per heavy atom. The molecular weight excluding hydrogens is 276 g/mol. The van der Waals surface area contributed by atoms with E-state index in [1.807, 2.05) is 31.2 Å². The highest BCUT2D eigenvalue weighted by Gasteiger charge is 2.11. The van der Waals surface area contributed by atoms with Gasteiger partial charge in [0.2, 0.25) is 0 Å². The van der Waals surface area contributed by atoms with Crippen molar-refractivity contribution in [1.29, 1.82) is 0 Å². The van der Waals surface area contributed by atoms with Gasteiger partial charge in [0.15, 0.2) is 0 Å². The molecule has 0 saturated carbocycles. The average molecular weight is 300 g/mol. The molecule has 1 aromatic heterocycles. The summed E-state index contributed by atoms with van der Waals surface area (Å²) in [6.45, 7) is 4.77. The van der Waals surface area contributed by atoms with Crippen molar-refractivity contribution in [2.24, 2.45) is 0 Å². The zero-order chi connectivity index (χ0) is 15.9. The molecule has 1 amide bonds. The summed E-state index contributed by atoms with van der Waals surface area (Å²) in [5.41, 5.74) is 2.23. The van der Waals surface area contributed by atoms with Crippen LogP contribution in [0.2, 0.25) is 0 Å². The van der Waals surface area contributed by atoms with Gasteiger partial charge in [0, 0.05) is 18.0 Å². The zero-order valence-electron chi connectivity index (χ0n) is 13.6. The fourth-order valence-electron chi connectivity index (χ4n) is 2.45. The number of aryl methyl sites for hydroxylation is 1. The number of ether oxygens (including phenoxy) is 1. The lowest BCUT2D eigenvalue weighted by molar-refractivity contribution is 0.0952. The van der Waals surface area contributed by atoms with Crippen molar-refractivity contribution in [3.63, 3.8) is 0 Å². The minimum absolute atomic E-state index is 0.0424. The summed E-state index contributed by atoms with van der Waals surface area (Å²) in [6.07, 6.45) is 4.60. The molecule has 0 fully saturated rings. The van der Waals surface area contributed by atoms with Gasteiger partial charge in [-0.1, -0.05) is 26.2 Å². The number of nitrogens with zero attached hydrogens (tertiary/aromatic N) is 1. The first-order chi connectivity index (χ1) is 10.7. The number of benzene rings is 1. The first-order valence-corrected chi connectivity index (χ1v) is 7.89. The van der Waals surface area contributed by atoms with E-state index in [4.69, 9.17) is 4.74 Å². The second kappa shape index (κ2) is 7.78. The van der Waals surface area contributed by atoms with Crippen molar-refractivity contribution in [3.8, 4) is 5.75 Å². The van der Waals surface area contributed by atoms with E-state index >= 15 is 0 Å². The van der Waals surface area contributed by atoms with Gasteiger partial charge in [-0.2, -0.15) is 0 Å². The van der Waals surface area contributed by atoms with Crippen LogP contribution in [-0.4, -0.2) is 24.5 Å². The number of aromatic nitrogens is 1. The van der Waals surface area contributed by atoms with Crippen LogP contribution in [0.5, 0.6) is 5.75 Å². The Morgan fingerprint density at radius 1 is 1.23 bits per heavy atom. The molecule has 4 nitrogen and oxygen atoms in total. The summed E-state index contributed by atoms with van der Waals surface area (Å²) >= 11 is 0. The molecule has 0 spiro atoms. The van der Waals surface area contributed by atoms with Gasteiger partial charge in [-0.15, -0.1) is 0 Å². The Labute approximate surface area is 131 Å². The van der Waals surface area contributed by atoms with E-state index in [0.29, 0.717) is 5.56 Å². The van der Waals surface area contributed by atoms with Crippen molar-refractivity contribution in [3.05, 3.63) is 35.5 Å². The van der Waals surface area contributed by atoms with Gasteiger partial charge in [0.05, 0.1) is 23.9 Å². The Hall–Kier alpha value is -2.10. The first kappa shape index (κ1) is 16.3. The van der Waals surface area contributed by atoms with Crippen LogP contribution in [0.3, 0.4) is 0 Å². The average Bonchev–Trinajstić information content (AvgIpc) is 2.53. The Morgan fingerprint density at radius 3 is 2.77 bits per heavy atom. The zero-order valence-corrected chi connectivity index (χ0v) is 13.6. The Kier molecular flexibility index (Phi) is 5.75. The van der Waals surface area contributed by atoms with Gasteiger partial charge < -0.3 is 10.1 Å². The molecule has 0 saturated heterocycles. The Bertz CT molecular complexity index is 653. The lowest BCUT2D eigenvalue weighted by Gasteiger charge is -2.09. The van der Waals surface area contributed by atoms with Crippen LogP contribution in [0.25, 0.3) is 10.9 Å². The molecular formula is C18H24N2O2. The number of unbranched alkanes of at least 4 members (excludes halogenated alkanes) is 3. The van der Waals surface area contributed by atoms with Gasteiger partial charge in [0.25, 0.3) is 5.91 Å². The molecule has 22 heavy (non-hydrogen) atoms. The predicted octanol–water partition coefficient (Wildman–Crippen LogP) is 3.86. The van der Waals surface area contributed by atoms with Crippen LogP contribution in [0.15, 0.2) is 24.3 Å². The molecule has 0 radical (unpaired) electrons. The van der Waals surface area contributed by atoms with Crippen molar-refractivity contribution in [1.82, 2.24) is 10.3 Å². The number of rotatable bonds is 7. The molecule has 0 unspecified atom stereocenters. The van der Waals surface area contributed by atoms with Crippen LogP contribution in [0.1, 0.15) is 48.7 Å². The summed E-state index contributed by atoms with van der Waals surface area (Å²) < 4.78 is 5.21. The fourth-order valence-corrected chi connectivity index (χ4v) is 2.45. The summed E-state index contributed by atoms with van der Waals surface area (Å²) in [5.74, 6) is 0.728. The van der Waals surface area contributed by atoms with Crippen LogP contribution >= 0.6 is 0 Å². The monoisotopic (exact) mass is 300 g/mol. The largest absolute Gasteiger partial charge is 0.497 e. The highest BCUT2D eigenvalue weighted by Crippen LogP contribution is 2.21. The first-order valence-electron chi connectivity index (χ1n) is 7.89. The molecule has 2 rings (SSSR count). The number of hydrogen-bond acceptors (Lipinski definition) is 3. The van der Waals surface area contributed by atoms with Gasteiger partial charge >= 0.3 is 0 Å². The summed E-state index contributed by atoms with van der Waals surface area (Å²) in [4.78, 5) is 16.8. The molecule has 2 aromatic rings. The standard InChI is InChI=1S/C18H24N2O2/c1-4-5-6-7-10-19-18(21)16-11-14-8-9-15(22-3)12-17(14)20-13(16)2/h8-9,11-12H,4-7,10H2,1-3H3,(H,19,21). The molecule has 4 heteroatoms. The van der Waals surface area contributed by atoms with Crippen molar-refractivity contribution < 1.29 is 9.53 Å². The molecule has 0 aliphatic carbocycles. The second-order valence-electron chi connectivity index (χ2n) is 5.50. The quantitative estimate of drug-likeness (QED) is 0.790. The van der Waals surface area contributed by atoms with Crippen molar-refractivity contribution >= 4 is 16.8 Å². The van der Waals surface area contributed by atoms with Crippen LogP contribution in [-0.2, 0) is 0 Å². The second-order valence-corrected chi connectivity index (χ2v) is 5.50. The molecule has 118 valence electrons. The number of fused-ring (bicyclic) bond motifs is 1. The molecule has 1 aromatic carbocycles. The van der Waals surface area contributed by atoms with E-state index in [1.165, 1.54) is 12.8 Å². The van der Waals surface area contributed by atoms with Gasteiger partial charge in [-0.05, 0) is 31.5 Å². The normalized spacial score (nSPS) is 10.7. The minimum Gasteiger partial charge on any atom is -0.497 e. The topological polar surface area (TPSA) is 51.2 Å². The molecule has 1 N–H and O–H groups in total. The minimum atomic E-state index is -0.0424. The number of pyridine rings is 1. The lowest BCUT2D eigenvalue weighted by Crippen LogP contribution is -2.25. The summed E-state index contributed by atoms with van der Waals surface area (Å²) in [7, 11) is 1.63. The fraction of sp³-hybridized carbons (Fsp3) is 0.444. The van der Waals surface area contributed by atoms with Gasteiger partial charge in [-0.3, -0.25) is 9.78 Å². The van der Waals surface area contributed by atoms with E-state index in [2.05, 4.69) is 17.2 Å². The maximum Gasteiger partial charge on any atom is 0.253 e. The van der Waals surface area contributed by atoms with Crippen molar-refractivity contribution in [2.45, 2.75) is 39.5 Å². The Balaban J connectivity index is 2.10. The van der Waals surface area contributed by atoms with Crippen LogP contribution in [0.4, 0.5) is 0 Å². The van der Waals surface area contributed by atoms with E-state index < -0.39 is 0 Å². The van der Waals surface area contributed by atoms with E-state index in [0.717, 1.165) is 41.7 Å². The summed E-state index contributed by atoms with van der Waals surface area (Å²) in [5, 5.41) is 3.93. The number of amides is 1. The highest BCUT2D eigenvalue weighted by molar-refractivity contribution is 5.98. The van der Waals surface area contributed by atoms with Crippen LogP contribution in [0, 0.1) is 6.92 Å². The third-order valence-corrected chi connectivity index (χ3v) is 3.78. The van der Waals surface area contributed by atoms with E-state index in [-0.39, 0.29) is 5.91 Å². The van der Waals surface area contributed by atoms with Crippen LogP contribution < -0.4 is 10.1 Å². The lowest BCUT2D eigenvalue weighted by atomic mass is 10.1. The van der Waals surface area contributed by atoms with Gasteiger partial charge in [0.1, 0.15) is 5.75 Å². The molecule has 0 atom stereocenters. The highest BCUT2D eigenvalue weighted by atomic mass is 16.5. The number of carbonyl (C=O) groups is 1. The van der Waals surface area contributed by atoms with E-state index in [9.17, 15) is 4.79 Å². The molecule has 1 heterocycles. The molecule has 0 aliphatic rings. The SMILES string of the molecule is CCCCCCNC(=O)c1cc2ccc(OC)cc2nc1C. The maximum absolute atomic E-state index is 12.3. The molecule has 0 bridgehead atoms. The van der Waals surface area contributed by atoms with Crippen molar-refractivity contribution in [2.75, 3.05) is 13.7 Å². The molecule has 0 aliphatic heterocycles. The third kappa shape index (κ3) is 3.97. The number of hydrogen-bond donors (Lipinski definition) is 1. The number of nitrogens with one attached hydrogen (secondary N) is 1. The van der Waals surface area contributed by atoms with E-state index in [1.54, 1.807) is 7.11 Å².